The number of halogens is 1. The second-order valence-electron chi connectivity index (χ2n) is 4.86. The van der Waals surface area contributed by atoms with E-state index in [0.717, 1.165) is 31.7 Å². The highest BCUT2D eigenvalue weighted by molar-refractivity contribution is 5.86. The summed E-state index contributed by atoms with van der Waals surface area (Å²) in [7, 11) is 0. The van der Waals surface area contributed by atoms with Crippen molar-refractivity contribution in [3.05, 3.63) is 41.7 Å². The zero-order valence-electron chi connectivity index (χ0n) is 11.8. The van der Waals surface area contributed by atoms with Crippen LogP contribution in [0, 0.1) is 5.82 Å². The number of unbranched alkanes of at least 4 members (excludes halogenated alkanes) is 3. The van der Waals surface area contributed by atoms with Crippen molar-refractivity contribution >= 4 is 5.97 Å². The smallest absolute Gasteiger partial charge is 0.333 e. The molecule has 3 nitrogen and oxygen atoms in total. The minimum Gasteiger partial charge on any atom is -0.508 e. The van der Waals surface area contributed by atoms with Gasteiger partial charge in [0.25, 0.3) is 0 Å². The average Bonchev–Trinajstić information content (AvgIpc) is 2.39. The lowest BCUT2D eigenvalue weighted by Gasteiger charge is -2.05. The molecular weight excluding hydrogens is 259 g/mol. The van der Waals surface area contributed by atoms with E-state index in [2.05, 4.69) is 6.58 Å². The van der Waals surface area contributed by atoms with Crippen LogP contribution in [0.1, 0.15) is 38.2 Å². The Balaban J connectivity index is 2.10. The van der Waals surface area contributed by atoms with E-state index in [9.17, 15) is 9.18 Å². The minimum atomic E-state index is -0.361. The Hall–Kier alpha value is -1.84. The first-order valence-corrected chi connectivity index (χ1v) is 6.80. The first-order valence-electron chi connectivity index (χ1n) is 6.80. The molecule has 0 atom stereocenters. The van der Waals surface area contributed by atoms with Crippen LogP contribution in [0.15, 0.2) is 30.4 Å². The number of phenolic OH excluding ortho intramolecular Hbond substituents is 1. The zero-order valence-corrected chi connectivity index (χ0v) is 11.8. The third-order valence-corrected chi connectivity index (χ3v) is 2.96. The summed E-state index contributed by atoms with van der Waals surface area (Å²) in [4.78, 5) is 11.1. The topological polar surface area (TPSA) is 46.5 Å². The summed E-state index contributed by atoms with van der Waals surface area (Å²) in [6, 6.07) is 4.24. The van der Waals surface area contributed by atoms with E-state index in [-0.39, 0.29) is 17.5 Å². The monoisotopic (exact) mass is 280 g/mol. The average molecular weight is 280 g/mol. The fourth-order valence-electron chi connectivity index (χ4n) is 1.80. The molecule has 0 spiro atoms. The Labute approximate surface area is 119 Å². The Kier molecular flexibility index (Phi) is 6.77. The van der Waals surface area contributed by atoms with Gasteiger partial charge in [-0.2, -0.15) is 0 Å². The molecule has 1 rings (SSSR count). The van der Waals surface area contributed by atoms with Gasteiger partial charge in [-0.1, -0.05) is 25.5 Å². The molecule has 1 aromatic rings. The summed E-state index contributed by atoms with van der Waals surface area (Å²) < 4.78 is 18.4. The van der Waals surface area contributed by atoms with Crippen LogP contribution in [0.25, 0.3) is 0 Å². The molecule has 0 saturated carbocycles. The quantitative estimate of drug-likeness (QED) is 0.448. The van der Waals surface area contributed by atoms with Gasteiger partial charge < -0.3 is 9.84 Å². The summed E-state index contributed by atoms with van der Waals surface area (Å²) in [5, 5.41) is 9.10. The zero-order chi connectivity index (χ0) is 15.0. The van der Waals surface area contributed by atoms with Crippen LogP contribution in [0.3, 0.4) is 0 Å². The number of rotatable bonds is 8. The van der Waals surface area contributed by atoms with Crippen molar-refractivity contribution in [1.82, 2.24) is 0 Å². The molecule has 4 heteroatoms. The van der Waals surface area contributed by atoms with Gasteiger partial charge in [-0.25, -0.2) is 9.18 Å². The lowest BCUT2D eigenvalue weighted by Crippen LogP contribution is -2.06. The molecule has 110 valence electrons. The number of hydrogen-bond acceptors (Lipinski definition) is 3. The Bertz CT molecular complexity index is 469. The summed E-state index contributed by atoms with van der Waals surface area (Å²) in [6.07, 6.45) is 4.21. The van der Waals surface area contributed by atoms with Crippen molar-refractivity contribution in [1.29, 1.82) is 0 Å². The van der Waals surface area contributed by atoms with Crippen LogP contribution < -0.4 is 0 Å². The molecule has 0 aliphatic carbocycles. The molecule has 1 N–H and O–H groups in total. The standard InChI is InChI=1S/C16H21FO3/c1-12(2)16(19)20-10-6-4-3-5-7-13-8-9-14(18)11-15(13)17/h8-9,11,18H,1,3-7,10H2,2H3. The third kappa shape index (κ3) is 5.87. The van der Waals surface area contributed by atoms with Crippen molar-refractivity contribution in [2.24, 2.45) is 0 Å². The molecule has 0 fully saturated rings. The first kappa shape index (κ1) is 16.2. The summed E-state index contributed by atoms with van der Waals surface area (Å²) in [5.41, 5.74) is 1.03. The van der Waals surface area contributed by atoms with Gasteiger partial charge in [-0.15, -0.1) is 0 Å². The van der Waals surface area contributed by atoms with E-state index >= 15 is 0 Å². The second-order valence-corrected chi connectivity index (χ2v) is 4.86. The summed E-state index contributed by atoms with van der Waals surface area (Å²) in [5.74, 6) is -0.762. The first-order chi connectivity index (χ1) is 9.50. The molecule has 0 saturated heterocycles. The maximum absolute atomic E-state index is 13.4. The molecule has 0 unspecified atom stereocenters. The highest BCUT2D eigenvalue weighted by atomic mass is 19.1. The van der Waals surface area contributed by atoms with Crippen molar-refractivity contribution in [2.75, 3.05) is 6.61 Å². The predicted octanol–water partition coefficient (Wildman–Crippen LogP) is 3.75. The number of aromatic hydroxyl groups is 1. The van der Waals surface area contributed by atoms with E-state index in [0.29, 0.717) is 24.2 Å². The molecule has 0 heterocycles. The van der Waals surface area contributed by atoms with E-state index in [4.69, 9.17) is 9.84 Å². The van der Waals surface area contributed by atoms with Gasteiger partial charge in [0.1, 0.15) is 11.6 Å². The van der Waals surface area contributed by atoms with E-state index in [1.165, 1.54) is 6.07 Å². The van der Waals surface area contributed by atoms with Crippen molar-refractivity contribution in [3.8, 4) is 5.75 Å². The Morgan fingerprint density at radius 3 is 2.65 bits per heavy atom. The van der Waals surface area contributed by atoms with Crippen LogP contribution in [0.4, 0.5) is 4.39 Å². The molecule has 1 aromatic carbocycles. The van der Waals surface area contributed by atoms with Gasteiger partial charge in [0.15, 0.2) is 0 Å². The SMILES string of the molecule is C=C(C)C(=O)OCCCCCCc1ccc(O)cc1F. The largest absolute Gasteiger partial charge is 0.508 e. The number of carbonyl (C=O) groups excluding carboxylic acids is 1. The number of aryl methyl sites for hydroxylation is 1. The van der Waals surface area contributed by atoms with Crippen molar-refractivity contribution in [3.63, 3.8) is 0 Å². The van der Waals surface area contributed by atoms with Crippen LogP contribution in [-0.4, -0.2) is 17.7 Å². The molecule has 0 aromatic heterocycles. The van der Waals surface area contributed by atoms with Crippen molar-refractivity contribution in [2.45, 2.75) is 39.0 Å². The van der Waals surface area contributed by atoms with Crippen LogP contribution in [0.2, 0.25) is 0 Å². The highest BCUT2D eigenvalue weighted by Crippen LogP contribution is 2.17. The van der Waals surface area contributed by atoms with Crippen LogP contribution in [0.5, 0.6) is 5.75 Å². The number of benzene rings is 1. The highest BCUT2D eigenvalue weighted by Gasteiger charge is 2.04. The van der Waals surface area contributed by atoms with Crippen molar-refractivity contribution < 1.29 is 19.0 Å². The Morgan fingerprint density at radius 2 is 2.00 bits per heavy atom. The molecule has 0 radical (unpaired) electrons. The van der Waals surface area contributed by atoms with Gasteiger partial charge in [-0.3, -0.25) is 0 Å². The van der Waals surface area contributed by atoms with Gasteiger partial charge in [0.2, 0.25) is 0 Å². The third-order valence-electron chi connectivity index (χ3n) is 2.96. The number of phenols is 1. The van der Waals surface area contributed by atoms with E-state index in [1.807, 2.05) is 0 Å². The maximum Gasteiger partial charge on any atom is 0.333 e. The number of carbonyl (C=O) groups is 1. The fourth-order valence-corrected chi connectivity index (χ4v) is 1.80. The number of hydrogen-bond donors (Lipinski definition) is 1. The normalized spacial score (nSPS) is 10.3. The van der Waals surface area contributed by atoms with E-state index < -0.39 is 0 Å². The maximum atomic E-state index is 13.4. The van der Waals surface area contributed by atoms with Crippen LogP contribution >= 0.6 is 0 Å². The van der Waals surface area contributed by atoms with E-state index in [1.54, 1.807) is 13.0 Å². The molecule has 0 bridgehead atoms. The summed E-state index contributed by atoms with van der Waals surface area (Å²) >= 11 is 0. The van der Waals surface area contributed by atoms with Gasteiger partial charge in [-0.05, 0) is 37.8 Å². The van der Waals surface area contributed by atoms with Gasteiger partial charge in [0.05, 0.1) is 6.61 Å². The fraction of sp³-hybridized carbons (Fsp3) is 0.438. The van der Waals surface area contributed by atoms with Crippen LogP contribution in [-0.2, 0) is 16.0 Å². The Morgan fingerprint density at radius 1 is 1.30 bits per heavy atom. The molecule has 0 aliphatic heterocycles. The molecule has 0 amide bonds. The number of ether oxygens (including phenoxy) is 1. The minimum absolute atomic E-state index is 0.0504. The van der Waals surface area contributed by atoms with Gasteiger partial charge >= 0.3 is 5.97 Å². The second kappa shape index (κ2) is 8.35. The van der Waals surface area contributed by atoms with Gasteiger partial charge in [0, 0.05) is 11.6 Å². The molecule has 20 heavy (non-hydrogen) atoms. The number of esters is 1. The summed E-state index contributed by atoms with van der Waals surface area (Å²) in [6.45, 7) is 5.53. The molecular formula is C16H21FO3. The lowest BCUT2D eigenvalue weighted by atomic mass is 10.1. The predicted molar refractivity (Wildman–Crippen MR) is 76.0 cm³/mol. The lowest BCUT2D eigenvalue weighted by molar-refractivity contribution is -0.139. The molecule has 0 aliphatic rings.